The summed E-state index contributed by atoms with van der Waals surface area (Å²) in [4.78, 5) is 11.0. The molecule has 0 N–H and O–H groups in total. The van der Waals surface area contributed by atoms with E-state index in [0.29, 0.717) is 17.1 Å². The van der Waals surface area contributed by atoms with Gasteiger partial charge in [0.1, 0.15) is 11.5 Å². The molecule has 3 heteroatoms. The van der Waals surface area contributed by atoms with Crippen LogP contribution in [-0.4, -0.2) is 13.1 Å². The molecular weight excluding hydrogens is 252 g/mol. The van der Waals surface area contributed by atoms with Crippen LogP contribution in [0, 0.1) is 11.8 Å². The smallest absolute Gasteiger partial charge is 0.308 e. The van der Waals surface area contributed by atoms with E-state index in [4.69, 9.17) is 9.47 Å². The van der Waals surface area contributed by atoms with Gasteiger partial charge in [-0.1, -0.05) is 36.1 Å². The Labute approximate surface area is 118 Å². The molecule has 2 aromatic carbocycles. The Morgan fingerprint density at radius 2 is 1.40 bits per heavy atom. The first-order valence-electron chi connectivity index (χ1n) is 6.13. The van der Waals surface area contributed by atoms with Crippen molar-refractivity contribution < 1.29 is 14.3 Å². The Morgan fingerprint density at radius 1 is 0.900 bits per heavy atom. The van der Waals surface area contributed by atoms with Gasteiger partial charge in [-0.05, 0) is 24.3 Å². The number of hydrogen-bond acceptors (Lipinski definition) is 3. The second kappa shape index (κ2) is 6.44. The van der Waals surface area contributed by atoms with Gasteiger partial charge in [0.2, 0.25) is 0 Å². The molecule has 0 aliphatic rings. The summed E-state index contributed by atoms with van der Waals surface area (Å²) in [5.41, 5.74) is 1.45. The summed E-state index contributed by atoms with van der Waals surface area (Å²) in [6.07, 6.45) is 0. The van der Waals surface area contributed by atoms with Gasteiger partial charge in [-0.3, -0.25) is 4.79 Å². The van der Waals surface area contributed by atoms with Crippen LogP contribution in [0.5, 0.6) is 11.5 Å². The molecule has 0 atom stereocenters. The number of benzene rings is 2. The minimum Gasteiger partial charge on any atom is -0.495 e. The number of rotatable bonds is 2. The van der Waals surface area contributed by atoms with Crippen LogP contribution >= 0.6 is 0 Å². The zero-order valence-electron chi connectivity index (χ0n) is 11.3. The summed E-state index contributed by atoms with van der Waals surface area (Å²) in [6.45, 7) is 1.37. The summed E-state index contributed by atoms with van der Waals surface area (Å²) in [5, 5.41) is 0. The number of carbonyl (C=O) groups is 1. The molecule has 0 spiro atoms. The van der Waals surface area contributed by atoms with Gasteiger partial charge in [-0.2, -0.15) is 0 Å². The molecule has 20 heavy (non-hydrogen) atoms. The van der Waals surface area contributed by atoms with Crippen molar-refractivity contribution in [2.45, 2.75) is 6.92 Å². The Morgan fingerprint density at radius 3 is 1.95 bits per heavy atom. The maximum Gasteiger partial charge on any atom is 0.308 e. The largest absolute Gasteiger partial charge is 0.495 e. The van der Waals surface area contributed by atoms with E-state index >= 15 is 0 Å². The van der Waals surface area contributed by atoms with Crippen molar-refractivity contribution >= 4 is 5.97 Å². The third-order valence-corrected chi connectivity index (χ3v) is 2.58. The molecule has 0 bridgehead atoms. The van der Waals surface area contributed by atoms with Crippen LogP contribution in [0.15, 0.2) is 48.5 Å². The highest BCUT2D eigenvalue weighted by molar-refractivity contribution is 5.70. The van der Waals surface area contributed by atoms with E-state index < -0.39 is 0 Å². The second-order valence-electron chi connectivity index (χ2n) is 4.04. The summed E-state index contributed by atoms with van der Waals surface area (Å²) in [6, 6.07) is 14.7. The van der Waals surface area contributed by atoms with Crippen molar-refractivity contribution in [3.05, 3.63) is 59.7 Å². The molecule has 0 aromatic heterocycles. The van der Waals surface area contributed by atoms with Gasteiger partial charge in [0.15, 0.2) is 0 Å². The second-order valence-corrected chi connectivity index (χ2v) is 4.04. The lowest BCUT2D eigenvalue weighted by Gasteiger charge is -2.03. The third-order valence-electron chi connectivity index (χ3n) is 2.58. The normalized spacial score (nSPS) is 9.30. The fourth-order valence-corrected chi connectivity index (χ4v) is 1.70. The van der Waals surface area contributed by atoms with E-state index in [1.165, 1.54) is 6.92 Å². The lowest BCUT2D eigenvalue weighted by atomic mass is 10.1. The number of methoxy groups -OCH3 is 1. The van der Waals surface area contributed by atoms with Crippen LogP contribution in [0.3, 0.4) is 0 Å². The molecule has 2 rings (SSSR count). The number of ether oxygens (including phenoxy) is 2. The van der Waals surface area contributed by atoms with Gasteiger partial charge in [0.05, 0.1) is 18.2 Å². The fraction of sp³-hybridized carbons (Fsp3) is 0.118. The molecule has 2 aromatic rings. The minimum atomic E-state index is -0.364. The van der Waals surface area contributed by atoms with Gasteiger partial charge < -0.3 is 9.47 Å². The molecule has 3 nitrogen and oxygen atoms in total. The average Bonchev–Trinajstić information content (AvgIpc) is 2.46. The Bertz CT molecular complexity index is 678. The zero-order valence-corrected chi connectivity index (χ0v) is 11.3. The molecule has 0 aliphatic heterocycles. The molecule has 0 aliphatic carbocycles. The molecule has 0 saturated heterocycles. The SMILES string of the molecule is COc1ccccc1C#Cc1ccccc1OC(C)=O. The quantitative estimate of drug-likeness (QED) is 0.476. The summed E-state index contributed by atoms with van der Waals surface area (Å²) in [7, 11) is 1.60. The molecule has 0 fully saturated rings. The first kappa shape index (κ1) is 13.7. The van der Waals surface area contributed by atoms with Crippen LogP contribution in [0.4, 0.5) is 0 Å². The summed E-state index contributed by atoms with van der Waals surface area (Å²) in [5.74, 6) is 6.84. The number of hydrogen-bond donors (Lipinski definition) is 0. The lowest BCUT2D eigenvalue weighted by Crippen LogP contribution is -2.02. The fourth-order valence-electron chi connectivity index (χ4n) is 1.70. The first-order chi connectivity index (χ1) is 9.70. The highest BCUT2D eigenvalue weighted by Gasteiger charge is 2.03. The van der Waals surface area contributed by atoms with Crippen molar-refractivity contribution in [3.63, 3.8) is 0 Å². The van der Waals surface area contributed by atoms with Crippen molar-refractivity contribution in [1.82, 2.24) is 0 Å². The Balaban J connectivity index is 2.35. The molecule has 0 radical (unpaired) electrons. The van der Waals surface area contributed by atoms with Crippen LogP contribution in [-0.2, 0) is 4.79 Å². The van der Waals surface area contributed by atoms with E-state index in [1.54, 1.807) is 25.3 Å². The zero-order chi connectivity index (χ0) is 14.4. The van der Waals surface area contributed by atoms with E-state index in [1.807, 2.05) is 30.3 Å². The predicted octanol–water partition coefficient (Wildman–Crippen LogP) is 3.02. The third kappa shape index (κ3) is 3.39. The van der Waals surface area contributed by atoms with Crippen LogP contribution < -0.4 is 9.47 Å². The maximum atomic E-state index is 11.0. The van der Waals surface area contributed by atoms with E-state index in [9.17, 15) is 4.79 Å². The van der Waals surface area contributed by atoms with Gasteiger partial charge in [-0.15, -0.1) is 0 Å². The minimum absolute atomic E-state index is 0.364. The monoisotopic (exact) mass is 266 g/mol. The standard InChI is InChI=1S/C17H14O3/c1-13(18)20-17-10-6-4-8-15(17)12-11-14-7-3-5-9-16(14)19-2/h3-10H,1-2H3. The van der Waals surface area contributed by atoms with E-state index in [2.05, 4.69) is 11.8 Å². The molecule has 0 amide bonds. The lowest BCUT2D eigenvalue weighted by molar-refractivity contribution is -0.131. The highest BCUT2D eigenvalue weighted by Crippen LogP contribution is 2.19. The molecule has 0 saturated carbocycles. The van der Waals surface area contributed by atoms with Crippen molar-refractivity contribution in [3.8, 4) is 23.3 Å². The highest BCUT2D eigenvalue weighted by atomic mass is 16.5. The molecule has 100 valence electrons. The molecule has 0 unspecified atom stereocenters. The van der Waals surface area contributed by atoms with Crippen LogP contribution in [0.25, 0.3) is 0 Å². The van der Waals surface area contributed by atoms with Gasteiger partial charge in [0.25, 0.3) is 0 Å². The van der Waals surface area contributed by atoms with Crippen LogP contribution in [0.1, 0.15) is 18.1 Å². The topological polar surface area (TPSA) is 35.5 Å². The summed E-state index contributed by atoms with van der Waals surface area (Å²) >= 11 is 0. The Kier molecular flexibility index (Phi) is 4.41. The van der Waals surface area contributed by atoms with Gasteiger partial charge in [-0.25, -0.2) is 0 Å². The van der Waals surface area contributed by atoms with Gasteiger partial charge >= 0.3 is 5.97 Å². The number of esters is 1. The summed E-state index contributed by atoms with van der Waals surface area (Å²) < 4.78 is 10.4. The molecular formula is C17H14O3. The number of carbonyl (C=O) groups excluding carboxylic acids is 1. The average molecular weight is 266 g/mol. The van der Waals surface area contributed by atoms with Gasteiger partial charge in [0, 0.05) is 6.92 Å². The maximum absolute atomic E-state index is 11.0. The van der Waals surface area contributed by atoms with Crippen LogP contribution in [0.2, 0.25) is 0 Å². The predicted molar refractivity (Wildman–Crippen MR) is 76.7 cm³/mol. The van der Waals surface area contributed by atoms with E-state index in [-0.39, 0.29) is 5.97 Å². The molecule has 0 heterocycles. The first-order valence-corrected chi connectivity index (χ1v) is 6.13. The number of para-hydroxylation sites is 2. The van der Waals surface area contributed by atoms with Crippen molar-refractivity contribution in [1.29, 1.82) is 0 Å². The van der Waals surface area contributed by atoms with Crippen molar-refractivity contribution in [2.75, 3.05) is 7.11 Å². The van der Waals surface area contributed by atoms with E-state index in [0.717, 1.165) is 5.56 Å². The van der Waals surface area contributed by atoms with Crippen molar-refractivity contribution in [2.24, 2.45) is 0 Å². The Hall–Kier alpha value is -2.73.